The van der Waals surface area contributed by atoms with Crippen LogP contribution in [0.4, 0.5) is 0 Å². The van der Waals surface area contributed by atoms with Crippen LogP contribution in [0.3, 0.4) is 0 Å². The summed E-state index contributed by atoms with van der Waals surface area (Å²) in [5, 5.41) is 12.2. The van der Waals surface area contributed by atoms with Gasteiger partial charge in [0.1, 0.15) is 0 Å². The summed E-state index contributed by atoms with van der Waals surface area (Å²) >= 11 is 0. The van der Waals surface area contributed by atoms with Gasteiger partial charge in [-0.1, -0.05) is 13.8 Å². The third-order valence-corrected chi connectivity index (χ3v) is 4.76. The standard InChI is InChI=1S/C12H21NO/c1-11(2)10-4-6-12(11,7-5-10)13-8-3-9-14/h3,9-10,13-14H,4-8H2,1-2H3. The maximum Gasteiger partial charge on any atom is 0.0764 e. The van der Waals surface area contributed by atoms with Gasteiger partial charge in [-0.15, -0.1) is 0 Å². The van der Waals surface area contributed by atoms with Crippen LogP contribution in [0.2, 0.25) is 0 Å². The van der Waals surface area contributed by atoms with E-state index < -0.39 is 0 Å². The normalized spacial score (nSPS) is 39.7. The zero-order valence-corrected chi connectivity index (χ0v) is 9.21. The third kappa shape index (κ3) is 1.20. The molecule has 0 aromatic rings. The van der Waals surface area contributed by atoms with Crippen molar-refractivity contribution < 1.29 is 5.11 Å². The number of aliphatic hydroxyl groups is 1. The molecule has 14 heavy (non-hydrogen) atoms. The molecular formula is C12H21NO. The van der Waals surface area contributed by atoms with E-state index in [1.165, 1.54) is 25.7 Å². The van der Waals surface area contributed by atoms with E-state index >= 15 is 0 Å². The number of hydrogen-bond acceptors (Lipinski definition) is 2. The highest BCUT2D eigenvalue weighted by Gasteiger charge is 2.58. The summed E-state index contributed by atoms with van der Waals surface area (Å²) in [4.78, 5) is 0. The van der Waals surface area contributed by atoms with Crippen molar-refractivity contribution in [1.82, 2.24) is 5.32 Å². The fourth-order valence-corrected chi connectivity index (χ4v) is 3.58. The van der Waals surface area contributed by atoms with Crippen molar-refractivity contribution in [2.45, 2.75) is 45.1 Å². The summed E-state index contributed by atoms with van der Waals surface area (Å²) in [5.74, 6) is 0.910. The molecule has 0 heterocycles. The van der Waals surface area contributed by atoms with E-state index in [4.69, 9.17) is 5.11 Å². The Morgan fingerprint density at radius 2 is 2.00 bits per heavy atom. The molecule has 0 aliphatic heterocycles. The zero-order chi connectivity index (χ0) is 10.2. The van der Waals surface area contributed by atoms with Gasteiger partial charge in [-0.3, -0.25) is 0 Å². The van der Waals surface area contributed by atoms with Gasteiger partial charge in [0.15, 0.2) is 0 Å². The average molecular weight is 195 g/mol. The van der Waals surface area contributed by atoms with Crippen LogP contribution in [-0.2, 0) is 0 Å². The second kappa shape index (κ2) is 3.27. The van der Waals surface area contributed by atoms with Crippen molar-refractivity contribution in [3.05, 3.63) is 12.3 Å². The molecule has 2 aliphatic carbocycles. The van der Waals surface area contributed by atoms with Gasteiger partial charge in [-0.05, 0) is 43.1 Å². The largest absolute Gasteiger partial charge is 0.516 e. The number of aliphatic hydroxyl groups excluding tert-OH is 1. The molecule has 0 unspecified atom stereocenters. The van der Waals surface area contributed by atoms with Crippen LogP contribution in [0.15, 0.2) is 12.3 Å². The molecule has 2 saturated carbocycles. The van der Waals surface area contributed by atoms with Gasteiger partial charge in [0, 0.05) is 12.1 Å². The number of rotatable bonds is 3. The van der Waals surface area contributed by atoms with E-state index in [0.29, 0.717) is 11.0 Å². The molecule has 2 bridgehead atoms. The first kappa shape index (κ1) is 10.0. The fourth-order valence-electron chi connectivity index (χ4n) is 3.58. The van der Waals surface area contributed by atoms with Crippen LogP contribution >= 0.6 is 0 Å². The molecule has 0 saturated heterocycles. The molecule has 2 heteroatoms. The molecule has 0 amide bonds. The summed E-state index contributed by atoms with van der Waals surface area (Å²) in [6.45, 7) is 5.59. The Morgan fingerprint density at radius 3 is 2.43 bits per heavy atom. The molecule has 2 nitrogen and oxygen atoms in total. The fraction of sp³-hybridized carbons (Fsp3) is 0.833. The van der Waals surface area contributed by atoms with Crippen LogP contribution in [-0.4, -0.2) is 17.2 Å². The Labute approximate surface area is 86.4 Å². The van der Waals surface area contributed by atoms with Crippen LogP contribution in [0, 0.1) is 11.3 Å². The molecule has 0 spiro atoms. The quantitative estimate of drug-likeness (QED) is 0.678. The summed E-state index contributed by atoms with van der Waals surface area (Å²) in [6.07, 6.45) is 8.30. The number of fused-ring (bicyclic) bond motifs is 2. The first-order valence-electron chi connectivity index (χ1n) is 5.67. The number of nitrogens with one attached hydrogen (secondary N) is 1. The molecule has 2 aliphatic rings. The van der Waals surface area contributed by atoms with Crippen LogP contribution < -0.4 is 5.32 Å². The van der Waals surface area contributed by atoms with Gasteiger partial charge in [-0.25, -0.2) is 0 Å². The van der Waals surface area contributed by atoms with Crippen molar-refractivity contribution in [1.29, 1.82) is 0 Å². The lowest BCUT2D eigenvalue weighted by atomic mass is 9.76. The number of hydrogen-bond donors (Lipinski definition) is 2. The van der Waals surface area contributed by atoms with Gasteiger partial charge in [0.05, 0.1) is 6.26 Å². The maximum atomic E-state index is 8.62. The SMILES string of the molecule is CC1(C)C2CCC1(NCC=CO)CC2. The van der Waals surface area contributed by atoms with E-state index in [0.717, 1.165) is 18.7 Å². The second-order valence-corrected chi connectivity index (χ2v) is 5.34. The highest BCUT2D eigenvalue weighted by Crippen LogP contribution is 2.59. The Kier molecular flexibility index (Phi) is 2.34. The molecule has 0 aromatic carbocycles. The average Bonchev–Trinajstić information content (AvgIpc) is 2.54. The van der Waals surface area contributed by atoms with Gasteiger partial charge >= 0.3 is 0 Å². The predicted octanol–water partition coefficient (Wildman–Crippen LogP) is 2.62. The Morgan fingerprint density at radius 1 is 1.36 bits per heavy atom. The van der Waals surface area contributed by atoms with Gasteiger partial charge in [-0.2, -0.15) is 0 Å². The lowest BCUT2D eigenvalue weighted by molar-refractivity contribution is 0.177. The summed E-state index contributed by atoms with van der Waals surface area (Å²) in [7, 11) is 0. The molecule has 2 rings (SSSR count). The van der Waals surface area contributed by atoms with E-state index in [1.54, 1.807) is 6.08 Å². The van der Waals surface area contributed by atoms with Crippen LogP contribution in [0.5, 0.6) is 0 Å². The highest BCUT2D eigenvalue weighted by molar-refractivity contribution is 5.14. The lowest BCUT2D eigenvalue weighted by Gasteiger charge is -2.39. The van der Waals surface area contributed by atoms with Crippen LogP contribution in [0.25, 0.3) is 0 Å². The molecule has 2 N–H and O–H groups in total. The third-order valence-electron chi connectivity index (χ3n) is 4.76. The first-order valence-corrected chi connectivity index (χ1v) is 5.67. The Hall–Kier alpha value is -0.500. The van der Waals surface area contributed by atoms with Crippen molar-refractivity contribution in [3.8, 4) is 0 Å². The van der Waals surface area contributed by atoms with E-state index in [1.807, 2.05) is 0 Å². The summed E-state index contributed by atoms with van der Waals surface area (Å²) in [6, 6.07) is 0. The van der Waals surface area contributed by atoms with Crippen molar-refractivity contribution in [2.75, 3.05) is 6.54 Å². The summed E-state index contributed by atoms with van der Waals surface area (Å²) in [5.41, 5.74) is 0.785. The molecule has 0 radical (unpaired) electrons. The highest BCUT2D eigenvalue weighted by atomic mass is 16.2. The van der Waals surface area contributed by atoms with E-state index in [9.17, 15) is 0 Å². The monoisotopic (exact) mass is 195 g/mol. The van der Waals surface area contributed by atoms with Crippen molar-refractivity contribution >= 4 is 0 Å². The maximum absolute atomic E-state index is 8.62. The lowest BCUT2D eigenvalue weighted by Crippen LogP contribution is -2.50. The predicted molar refractivity (Wildman–Crippen MR) is 58.2 cm³/mol. The summed E-state index contributed by atoms with van der Waals surface area (Å²) < 4.78 is 0. The van der Waals surface area contributed by atoms with E-state index in [-0.39, 0.29) is 0 Å². The Bertz CT molecular complexity index is 237. The topological polar surface area (TPSA) is 32.3 Å². The minimum atomic E-state index is 0.344. The first-order chi connectivity index (χ1) is 6.62. The van der Waals surface area contributed by atoms with Crippen molar-refractivity contribution in [2.24, 2.45) is 11.3 Å². The van der Waals surface area contributed by atoms with Crippen molar-refractivity contribution in [3.63, 3.8) is 0 Å². The Balaban J connectivity index is 2.07. The smallest absolute Gasteiger partial charge is 0.0764 e. The second-order valence-electron chi connectivity index (χ2n) is 5.34. The minimum Gasteiger partial charge on any atom is -0.516 e. The van der Waals surface area contributed by atoms with Gasteiger partial charge < -0.3 is 10.4 Å². The zero-order valence-electron chi connectivity index (χ0n) is 9.21. The van der Waals surface area contributed by atoms with E-state index in [2.05, 4.69) is 19.2 Å². The van der Waals surface area contributed by atoms with Gasteiger partial charge in [0.2, 0.25) is 0 Å². The molecule has 0 aromatic heterocycles. The molecule has 80 valence electrons. The minimum absolute atomic E-state index is 0.344. The van der Waals surface area contributed by atoms with Gasteiger partial charge in [0.25, 0.3) is 0 Å². The molecule has 0 atom stereocenters. The molecule has 2 fully saturated rings. The van der Waals surface area contributed by atoms with Crippen LogP contribution in [0.1, 0.15) is 39.5 Å². The molecular weight excluding hydrogens is 174 g/mol.